The van der Waals surface area contributed by atoms with Crippen molar-refractivity contribution >= 4 is 21.8 Å². The molecule has 0 amide bonds. The molecule has 0 saturated carbocycles. The third-order valence-electron chi connectivity index (χ3n) is 4.91. The average Bonchev–Trinajstić information content (AvgIpc) is 3.03. The van der Waals surface area contributed by atoms with Gasteiger partial charge in [0.25, 0.3) is 0 Å². The van der Waals surface area contributed by atoms with Crippen LogP contribution in [0.2, 0.25) is 0 Å². The van der Waals surface area contributed by atoms with E-state index in [2.05, 4.69) is 0 Å². The van der Waals surface area contributed by atoms with Gasteiger partial charge in [-0.3, -0.25) is 0 Å². The maximum atomic E-state index is 14.2. The summed E-state index contributed by atoms with van der Waals surface area (Å²) in [6.45, 7) is 3.02. The van der Waals surface area contributed by atoms with Crippen LogP contribution in [-0.2, 0) is 10.0 Å². The lowest BCUT2D eigenvalue weighted by atomic mass is 10.1. The Kier molecular flexibility index (Phi) is 5.89. The van der Waals surface area contributed by atoms with Crippen LogP contribution < -0.4 is 14.2 Å². The molecule has 0 radical (unpaired) electrons. The Labute approximate surface area is 174 Å². The Balaban J connectivity index is 1.49. The Morgan fingerprint density at radius 2 is 2.00 bits per heavy atom. The third-order valence-corrected chi connectivity index (χ3v) is 8.13. The quantitative estimate of drug-likeness (QED) is 0.706. The van der Waals surface area contributed by atoms with Crippen molar-refractivity contribution in [3.8, 4) is 17.2 Å². The molecule has 0 unspecified atom stereocenters. The van der Waals surface area contributed by atoms with Crippen molar-refractivity contribution in [1.82, 2.24) is 4.31 Å². The summed E-state index contributed by atoms with van der Waals surface area (Å²) < 4.78 is 57.6. The van der Waals surface area contributed by atoms with Gasteiger partial charge in [0.05, 0.1) is 11.5 Å². The fourth-order valence-electron chi connectivity index (χ4n) is 3.43. The molecule has 2 aromatic carbocycles. The van der Waals surface area contributed by atoms with Gasteiger partial charge in [-0.15, -0.1) is 0 Å². The van der Waals surface area contributed by atoms with E-state index in [4.69, 9.17) is 14.2 Å². The number of fused-ring (bicyclic) bond motifs is 1. The first-order valence-electron chi connectivity index (χ1n) is 9.42. The molecule has 0 aromatic heterocycles. The molecule has 9 heteroatoms. The van der Waals surface area contributed by atoms with Crippen LogP contribution in [0.15, 0.2) is 41.3 Å². The largest absolute Gasteiger partial charge is 0.491 e. The SMILES string of the molecule is CCOc1ccc(S(=O)(=O)N2CCS[C@@H](c3ccc4c(c3)OCO4)CC2)cc1F. The molecule has 2 aliphatic heterocycles. The Bertz CT molecular complexity index is 998. The van der Waals surface area contributed by atoms with Gasteiger partial charge in [-0.05, 0) is 49.2 Å². The van der Waals surface area contributed by atoms with Crippen LogP contribution >= 0.6 is 11.8 Å². The highest BCUT2D eigenvalue weighted by molar-refractivity contribution is 7.99. The monoisotopic (exact) mass is 439 g/mol. The van der Waals surface area contributed by atoms with Crippen LogP contribution in [0.1, 0.15) is 24.2 Å². The normalized spacial score (nSPS) is 19.7. The number of sulfonamides is 1. The van der Waals surface area contributed by atoms with E-state index in [0.717, 1.165) is 23.1 Å². The van der Waals surface area contributed by atoms with Crippen molar-refractivity contribution in [3.05, 3.63) is 47.8 Å². The standard InChI is InChI=1S/C20H22FNO5S2/c1-2-25-17-6-4-15(12-16(17)21)29(23,24)22-8-7-20(28-10-9-22)14-3-5-18-19(11-14)27-13-26-18/h3-6,11-12,20H,2,7-10,13H2,1H3/t20-/m1/s1. The van der Waals surface area contributed by atoms with Crippen molar-refractivity contribution in [1.29, 1.82) is 0 Å². The van der Waals surface area contributed by atoms with E-state index >= 15 is 0 Å². The number of hydrogen-bond acceptors (Lipinski definition) is 6. The van der Waals surface area contributed by atoms with Crippen molar-refractivity contribution in [2.24, 2.45) is 0 Å². The average molecular weight is 440 g/mol. The maximum Gasteiger partial charge on any atom is 0.243 e. The van der Waals surface area contributed by atoms with Crippen molar-refractivity contribution in [3.63, 3.8) is 0 Å². The van der Waals surface area contributed by atoms with E-state index < -0.39 is 15.8 Å². The summed E-state index contributed by atoms with van der Waals surface area (Å²) >= 11 is 1.71. The van der Waals surface area contributed by atoms with E-state index in [1.54, 1.807) is 18.7 Å². The lowest BCUT2D eigenvalue weighted by Crippen LogP contribution is -2.33. The van der Waals surface area contributed by atoms with E-state index in [1.165, 1.54) is 16.4 Å². The van der Waals surface area contributed by atoms with E-state index in [0.29, 0.717) is 31.9 Å². The molecule has 1 fully saturated rings. The highest BCUT2D eigenvalue weighted by atomic mass is 32.2. The van der Waals surface area contributed by atoms with E-state index in [1.807, 2.05) is 18.2 Å². The summed E-state index contributed by atoms with van der Waals surface area (Å²) in [6, 6.07) is 9.65. The predicted molar refractivity (Wildman–Crippen MR) is 109 cm³/mol. The Hall–Kier alpha value is -1.97. The molecule has 2 aromatic rings. The van der Waals surface area contributed by atoms with E-state index in [9.17, 15) is 12.8 Å². The zero-order valence-electron chi connectivity index (χ0n) is 16.0. The zero-order valence-corrected chi connectivity index (χ0v) is 17.6. The summed E-state index contributed by atoms with van der Waals surface area (Å²) in [5, 5.41) is 0.154. The summed E-state index contributed by atoms with van der Waals surface area (Å²) in [5.74, 6) is 1.49. The van der Waals surface area contributed by atoms with Crippen molar-refractivity contribution in [2.75, 3.05) is 32.2 Å². The minimum absolute atomic E-state index is 0.0509. The van der Waals surface area contributed by atoms with Gasteiger partial charge in [-0.1, -0.05) is 6.07 Å². The minimum Gasteiger partial charge on any atom is -0.491 e. The Morgan fingerprint density at radius 3 is 2.79 bits per heavy atom. The minimum atomic E-state index is -3.77. The molecule has 1 atom stereocenters. The number of nitrogens with zero attached hydrogens (tertiary/aromatic N) is 1. The summed E-state index contributed by atoms with van der Waals surface area (Å²) in [7, 11) is -3.77. The second-order valence-electron chi connectivity index (χ2n) is 6.69. The second-order valence-corrected chi connectivity index (χ2v) is 9.94. The highest BCUT2D eigenvalue weighted by Crippen LogP contribution is 2.40. The van der Waals surface area contributed by atoms with Crippen LogP contribution in [0.3, 0.4) is 0 Å². The lowest BCUT2D eigenvalue weighted by Gasteiger charge is -2.20. The molecule has 2 heterocycles. The fraction of sp³-hybridized carbons (Fsp3) is 0.400. The van der Waals surface area contributed by atoms with Gasteiger partial charge in [0.1, 0.15) is 0 Å². The molecule has 0 aliphatic carbocycles. The zero-order chi connectivity index (χ0) is 20.4. The topological polar surface area (TPSA) is 65.1 Å². The molecule has 29 heavy (non-hydrogen) atoms. The summed E-state index contributed by atoms with van der Waals surface area (Å²) in [4.78, 5) is -0.0509. The van der Waals surface area contributed by atoms with Gasteiger partial charge in [0, 0.05) is 24.1 Å². The van der Waals surface area contributed by atoms with Crippen molar-refractivity contribution < 1.29 is 27.0 Å². The van der Waals surface area contributed by atoms with Gasteiger partial charge in [0.15, 0.2) is 23.1 Å². The number of rotatable bonds is 5. The molecule has 0 bridgehead atoms. The van der Waals surface area contributed by atoms with Crippen LogP contribution in [0.25, 0.3) is 0 Å². The first-order valence-corrected chi connectivity index (χ1v) is 11.9. The molecular weight excluding hydrogens is 417 g/mol. The summed E-state index contributed by atoms with van der Waals surface area (Å²) in [5.41, 5.74) is 1.09. The number of thioether (sulfide) groups is 1. The van der Waals surface area contributed by atoms with Gasteiger partial charge >= 0.3 is 0 Å². The number of halogens is 1. The molecule has 4 rings (SSSR count). The van der Waals surface area contributed by atoms with Crippen LogP contribution in [-0.4, -0.2) is 45.0 Å². The van der Waals surface area contributed by atoms with Gasteiger partial charge in [0.2, 0.25) is 16.8 Å². The molecule has 0 spiro atoms. The highest BCUT2D eigenvalue weighted by Gasteiger charge is 2.29. The number of ether oxygens (including phenoxy) is 3. The first-order chi connectivity index (χ1) is 14.0. The van der Waals surface area contributed by atoms with Crippen molar-refractivity contribution in [2.45, 2.75) is 23.5 Å². The van der Waals surface area contributed by atoms with Gasteiger partial charge < -0.3 is 14.2 Å². The summed E-state index contributed by atoms with van der Waals surface area (Å²) in [6.07, 6.45) is 0.656. The fourth-order valence-corrected chi connectivity index (χ4v) is 6.24. The molecule has 6 nitrogen and oxygen atoms in total. The lowest BCUT2D eigenvalue weighted by molar-refractivity contribution is 0.174. The molecule has 156 valence electrons. The second kappa shape index (κ2) is 8.41. The smallest absolute Gasteiger partial charge is 0.243 e. The van der Waals surface area contributed by atoms with Crippen LogP contribution in [0.4, 0.5) is 4.39 Å². The molecule has 1 saturated heterocycles. The van der Waals surface area contributed by atoms with E-state index in [-0.39, 0.29) is 22.7 Å². The molecule has 2 aliphatic rings. The Morgan fingerprint density at radius 1 is 1.17 bits per heavy atom. The molecular formula is C20H22FNO5S2. The maximum absolute atomic E-state index is 14.2. The first kappa shape index (κ1) is 20.3. The number of benzene rings is 2. The van der Waals surface area contributed by atoms with Crippen LogP contribution in [0, 0.1) is 5.82 Å². The number of hydrogen-bond donors (Lipinski definition) is 0. The van der Waals surface area contributed by atoms with Crippen LogP contribution in [0.5, 0.6) is 17.2 Å². The third kappa shape index (κ3) is 4.17. The molecule has 0 N–H and O–H groups in total. The predicted octanol–water partition coefficient (Wildman–Crippen LogP) is 3.82. The van der Waals surface area contributed by atoms with Gasteiger partial charge in [-0.25, -0.2) is 12.8 Å². The van der Waals surface area contributed by atoms with Gasteiger partial charge in [-0.2, -0.15) is 16.1 Å².